The molecule has 1 aromatic heterocycles. The summed E-state index contributed by atoms with van der Waals surface area (Å²) in [5, 5.41) is 7.94. The van der Waals surface area contributed by atoms with E-state index in [1.54, 1.807) is 23.1 Å². The fourth-order valence-electron chi connectivity index (χ4n) is 4.05. The highest BCUT2D eigenvalue weighted by Crippen LogP contribution is 2.32. The zero-order valence-electron chi connectivity index (χ0n) is 15.9. The molecule has 0 spiro atoms. The number of amides is 1. The maximum Gasteiger partial charge on any atom is 0.274 e. The largest absolute Gasteiger partial charge is 0.486 e. The molecule has 2 aromatic carbocycles. The van der Waals surface area contributed by atoms with Crippen LogP contribution in [0.4, 0.5) is 0 Å². The van der Waals surface area contributed by atoms with E-state index in [2.05, 4.69) is 10.2 Å². The standard InChI is InChI=1S/C22H21N3O4/c26-21(15-5-6-18-19(13-15)29-12-11-28-18)14-7-9-25(10-8-14)22(27)20-16-3-1-2-4-17(16)23-24-20/h1-6,13-14H,7-12H2,(H,23,24). The lowest BCUT2D eigenvalue weighted by atomic mass is 9.88. The van der Waals surface area contributed by atoms with Crippen LogP contribution in [0.2, 0.25) is 0 Å². The Kier molecular flexibility index (Phi) is 4.42. The van der Waals surface area contributed by atoms with E-state index in [9.17, 15) is 9.59 Å². The number of likely N-dealkylation sites (tertiary alicyclic amines) is 1. The minimum atomic E-state index is -0.0995. The van der Waals surface area contributed by atoms with Gasteiger partial charge in [0.2, 0.25) is 0 Å². The number of para-hydroxylation sites is 1. The summed E-state index contributed by atoms with van der Waals surface area (Å²) in [7, 11) is 0. The first-order valence-corrected chi connectivity index (χ1v) is 9.87. The predicted molar refractivity (Wildman–Crippen MR) is 106 cm³/mol. The van der Waals surface area contributed by atoms with E-state index in [0.29, 0.717) is 61.9 Å². The SMILES string of the molecule is O=C(c1ccc2c(c1)OCCO2)C1CCN(C(=O)c2n[nH]c3ccccc23)CC1. The highest BCUT2D eigenvalue weighted by Gasteiger charge is 2.30. The molecule has 29 heavy (non-hydrogen) atoms. The van der Waals surface area contributed by atoms with Gasteiger partial charge in [-0.15, -0.1) is 0 Å². The van der Waals surface area contributed by atoms with Crippen LogP contribution in [0, 0.1) is 5.92 Å². The number of benzene rings is 2. The molecule has 0 bridgehead atoms. The minimum Gasteiger partial charge on any atom is -0.486 e. The molecule has 7 nitrogen and oxygen atoms in total. The number of hydrogen-bond donors (Lipinski definition) is 1. The van der Waals surface area contributed by atoms with Crippen molar-refractivity contribution in [3.8, 4) is 11.5 Å². The van der Waals surface area contributed by atoms with E-state index in [1.165, 1.54) is 0 Å². The highest BCUT2D eigenvalue weighted by atomic mass is 16.6. The number of carbonyl (C=O) groups is 2. The molecule has 3 heterocycles. The van der Waals surface area contributed by atoms with E-state index in [-0.39, 0.29) is 17.6 Å². The van der Waals surface area contributed by atoms with Crippen molar-refractivity contribution in [1.82, 2.24) is 15.1 Å². The summed E-state index contributed by atoms with van der Waals surface area (Å²) in [6.45, 7) is 2.10. The van der Waals surface area contributed by atoms with Crippen molar-refractivity contribution < 1.29 is 19.1 Å². The number of nitrogens with zero attached hydrogens (tertiary/aromatic N) is 2. The van der Waals surface area contributed by atoms with Gasteiger partial charge in [-0.1, -0.05) is 18.2 Å². The average Bonchev–Trinajstić information content (AvgIpc) is 3.22. The molecule has 1 amide bonds. The fourth-order valence-corrected chi connectivity index (χ4v) is 4.05. The zero-order valence-corrected chi connectivity index (χ0v) is 15.9. The van der Waals surface area contributed by atoms with Crippen molar-refractivity contribution in [2.75, 3.05) is 26.3 Å². The van der Waals surface area contributed by atoms with Gasteiger partial charge in [-0.2, -0.15) is 5.10 Å². The van der Waals surface area contributed by atoms with Gasteiger partial charge in [0.1, 0.15) is 13.2 Å². The Morgan fingerprint density at radius 3 is 2.59 bits per heavy atom. The molecule has 0 radical (unpaired) electrons. The van der Waals surface area contributed by atoms with Gasteiger partial charge in [-0.3, -0.25) is 14.7 Å². The number of ether oxygens (including phenoxy) is 2. The molecule has 3 aromatic rings. The van der Waals surface area contributed by atoms with Gasteiger partial charge in [0.25, 0.3) is 5.91 Å². The number of fused-ring (bicyclic) bond motifs is 2. The van der Waals surface area contributed by atoms with Gasteiger partial charge in [0, 0.05) is 30.0 Å². The number of H-pyrrole nitrogens is 1. The highest BCUT2D eigenvalue weighted by molar-refractivity contribution is 6.05. The van der Waals surface area contributed by atoms with E-state index in [0.717, 1.165) is 10.9 Å². The number of Topliss-reactive ketones (excluding diaryl/α,β-unsaturated/α-hetero) is 1. The van der Waals surface area contributed by atoms with E-state index < -0.39 is 0 Å². The molecule has 2 aliphatic rings. The monoisotopic (exact) mass is 391 g/mol. The number of aromatic nitrogens is 2. The summed E-state index contributed by atoms with van der Waals surface area (Å²) < 4.78 is 11.1. The zero-order chi connectivity index (χ0) is 19.8. The molecule has 1 saturated heterocycles. The molecule has 0 aliphatic carbocycles. The van der Waals surface area contributed by atoms with Gasteiger partial charge in [0.05, 0.1) is 5.52 Å². The van der Waals surface area contributed by atoms with Gasteiger partial charge in [-0.05, 0) is 37.1 Å². The van der Waals surface area contributed by atoms with Crippen molar-refractivity contribution in [2.45, 2.75) is 12.8 Å². The lowest BCUT2D eigenvalue weighted by Gasteiger charge is -2.31. The molecule has 1 N–H and O–H groups in total. The molecule has 2 aliphatic heterocycles. The summed E-state index contributed by atoms with van der Waals surface area (Å²) >= 11 is 0. The lowest BCUT2D eigenvalue weighted by Crippen LogP contribution is -2.40. The first kappa shape index (κ1) is 17.7. The molecule has 0 saturated carbocycles. The second kappa shape index (κ2) is 7.24. The Bertz CT molecular complexity index is 1080. The number of ketones is 1. The van der Waals surface area contributed by atoms with E-state index in [4.69, 9.17) is 9.47 Å². The summed E-state index contributed by atoms with van der Waals surface area (Å²) in [5.74, 6) is 1.21. The maximum absolute atomic E-state index is 12.9. The second-order valence-electron chi connectivity index (χ2n) is 7.41. The van der Waals surface area contributed by atoms with Crippen LogP contribution in [0.1, 0.15) is 33.7 Å². The third-order valence-electron chi connectivity index (χ3n) is 5.65. The smallest absolute Gasteiger partial charge is 0.274 e. The quantitative estimate of drug-likeness (QED) is 0.694. The van der Waals surface area contributed by atoms with Crippen molar-refractivity contribution in [1.29, 1.82) is 0 Å². The number of rotatable bonds is 3. The topological polar surface area (TPSA) is 84.5 Å². The van der Waals surface area contributed by atoms with E-state index >= 15 is 0 Å². The van der Waals surface area contributed by atoms with Crippen molar-refractivity contribution in [3.63, 3.8) is 0 Å². The van der Waals surface area contributed by atoms with Crippen LogP contribution in [-0.4, -0.2) is 53.1 Å². The average molecular weight is 391 g/mol. The number of aromatic amines is 1. The van der Waals surface area contributed by atoms with Crippen molar-refractivity contribution >= 4 is 22.6 Å². The van der Waals surface area contributed by atoms with Crippen LogP contribution in [0.5, 0.6) is 11.5 Å². The third-order valence-corrected chi connectivity index (χ3v) is 5.65. The van der Waals surface area contributed by atoms with E-state index in [1.807, 2.05) is 24.3 Å². The fraction of sp³-hybridized carbons (Fsp3) is 0.318. The molecule has 5 rings (SSSR count). The number of hydrogen-bond acceptors (Lipinski definition) is 5. The first-order valence-electron chi connectivity index (χ1n) is 9.87. The summed E-state index contributed by atoms with van der Waals surface area (Å²) in [6.07, 6.45) is 1.28. The van der Waals surface area contributed by atoms with Gasteiger partial charge in [-0.25, -0.2) is 0 Å². The Balaban J connectivity index is 1.26. The van der Waals surface area contributed by atoms with Gasteiger partial charge in [0.15, 0.2) is 23.0 Å². The van der Waals surface area contributed by atoms with Crippen molar-refractivity contribution in [2.24, 2.45) is 5.92 Å². The summed E-state index contributed by atoms with van der Waals surface area (Å²) in [5.41, 5.74) is 1.93. The summed E-state index contributed by atoms with van der Waals surface area (Å²) in [6, 6.07) is 13.0. The maximum atomic E-state index is 12.9. The third kappa shape index (κ3) is 3.22. The molecule has 0 unspecified atom stereocenters. The predicted octanol–water partition coefficient (Wildman–Crippen LogP) is 3.07. The Hall–Kier alpha value is -3.35. The van der Waals surface area contributed by atoms with Crippen LogP contribution in [0.3, 0.4) is 0 Å². The van der Waals surface area contributed by atoms with Gasteiger partial charge < -0.3 is 14.4 Å². The molecular formula is C22H21N3O4. The molecule has 148 valence electrons. The van der Waals surface area contributed by atoms with Crippen molar-refractivity contribution in [3.05, 3.63) is 53.7 Å². The van der Waals surface area contributed by atoms with Crippen LogP contribution < -0.4 is 9.47 Å². The van der Waals surface area contributed by atoms with Crippen LogP contribution in [-0.2, 0) is 0 Å². The molecule has 1 fully saturated rings. The summed E-state index contributed by atoms with van der Waals surface area (Å²) in [4.78, 5) is 27.6. The molecule has 0 atom stereocenters. The number of carbonyl (C=O) groups excluding carboxylic acids is 2. The first-order chi connectivity index (χ1) is 14.2. The second-order valence-corrected chi connectivity index (χ2v) is 7.41. The number of piperidine rings is 1. The molecular weight excluding hydrogens is 370 g/mol. The van der Waals surface area contributed by atoms with Crippen LogP contribution in [0.25, 0.3) is 10.9 Å². The lowest BCUT2D eigenvalue weighted by molar-refractivity contribution is 0.0647. The normalized spacial score (nSPS) is 16.8. The van der Waals surface area contributed by atoms with Gasteiger partial charge >= 0.3 is 0 Å². The number of nitrogens with one attached hydrogen (secondary N) is 1. The van der Waals surface area contributed by atoms with Crippen LogP contribution >= 0.6 is 0 Å². The Morgan fingerprint density at radius 2 is 1.76 bits per heavy atom. The minimum absolute atomic E-state index is 0.0901. The molecule has 7 heteroatoms. The Morgan fingerprint density at radius 1 is 1.00 bits per heavy atom. The Labute approximate surface area is 167 Å². The van der Waals surface area contributed by atoms with Crippen LogP contribution in [0.15, 0.2) is 42.5 Å².